The van der Waals surface area contributed by atoms with E-state index in [0.717, 1.165) is 12.8 Å². The van der Waals surface area contributed by atoms with E-state index < -0.39 is 16.2 Å². The summed E-state index contributed by atoms with van der Waals surface area (Å²) >= 11 is -1.81. The molecule has 0 aromatic carbocycles. The van der Waals surface area contributed by atoms with Gasteiger partial charge in [-0.3, -0.25) is 5.26 Å². The number of hydrogen-bond donors (Lipinski definition) is 1. The molecule has 0 aromatic heterocycles. The molecule has 9 heavy (non-hydrogen) atoms. The van der Waals surface area contributed by atoms with Gasteiger partial charge in [0.05, 0.1) is 6.61 Å². The molecule has 4 nitrogen and oxygen atoms in total. The summed E-state index contributed by atoms with van der Waals surface area (Å²) in [5.41, 5.74) is 0. The third kappa shape index (κ3) is 31.3. The molecule has 0 aliphatic heterocycles. The molecule has 0 fully saturated rings. The fourth-order valence-electron chi connectivity index (χ4n) is 0.209. The van der Waals surface area contributed by atoms with Gasteiger partial charge in [-0.05, 0) is 6.42 Å². The molecule has 0 aliphatic carbocycles. The zero-order valence-corrected chi connectivity index (χ0v) is 6.64. The quantitative estimate of drug-likeness (QED) is 0.393. The molecule has 0 heterocycles. The van der Waals surface area contributed by atoms with Crippen molar-refractivity contribution in [2.24, 2.45) is 0 Å². The van der Waals surface area contributed by atoms with E-state index in [1.165, 1.54) is 0 Å². The van der Waals surface area contributed by atoms with E-state index in [2.05, 4.69) is 4.89 Å². The van der Waals surface area contributed by atoms with Crippen molar-refractivity contribution in [1.82, 2.24) is 0 Å². The average molecular weight is 173 g/mol. The van der Waals surface area contributed by atoms with Crippen molar-refractivity contribution in [3.63, 3.8) is 0 Å². The molecule has 0 aromatic rings. The summed E-state index contributed by atoms with van der Waals surface area (Å²) in [6.07, 6.45) is 2.01. The molecule has 55 valence electrons. The van der Waals surface area contributed by atoms with Crippen LogP contribution in [0.2, 0.25) is 0 Å². The average Bonchev–Trinajstić information content (AvgIpc) is 1.86. The number of hydrogen-bond acceptors (Lipinski definition) is 4. The first-order valence-corrected chi connectivity index (χ1v) is 3.68. The van der Waals surface area contributed by atoms with Crippen LogP contribution in [0.1, 0.15) is 19.8 Å². The maximum absolute atomic E-state index is 8.47. The van der Waals surface area contributed by atoms with E-state index in [1.54, 1.807) is 0 Å². The van der Waals surface area contributed by atoms with Crippen LogP contribution in [-0.4, -0.2) is 11.9 Å². The molecule has 0 aliphatic rings. The molecule has 0 spiro atoms. The predicted molar refractivity (Wildman–Crippen MR) is 24.9 cm³/mol. The van der Waals surface area contributed by atoms with Gasteiger partial charge < -0.3 is 0 Å². The summed E-state index contributed by atoms with van der Waals surface area (Å²) in [5, 5.41) is 7.70. The second-order valence-electron chi connectivity index (χ2n) is 1.26. The summed E-state index contributed by atoms with van der Waals surface area (Å²) in [5.74, 6) is 0. The van der Waals surface area contributed by atoms with Crippen LogP contribution >= 0.6 is 0 Å². The molecule has 0 bridgehead atoms. The van der Waals surface area contributed by atoms with Crippen molar-refractivity contribution in [3.05, 3.63) is 0 Å². The molecular formula is C4H10O4V. The predicted octanol–water partition coefficient (Wildman–Crippen LogP) is 1.04. The number of rotatable bonds is 3. The summed E-state index contributed by atoms with van der Waals surface area (Å²) in [4.78, 5) is 3.78. The molecule has 0 rings (SSSR count). The Labute approximate surface area is 60.7 Å². The Morgan fingerprint density at radius 2 is 2.00 bits per heavy atom. The van der Waals surface area contributed by atoms with Crippen LogP contribution in [0.25, 0.3) is 0 Å². The monoisotopic (exact) mass is 173 g/mol. The van der Waals surface area contributed by atoms with Gasteiger partial charge in [0, 0.05) is 0 Å². The van der Waals surface area contributed by atoms with Crippen LogP contribution in [0.5, 0.6) is 0 Å². The Kier molecular flexibility index (Phi) is 20.7. The fourth-order valence-corrected chi connectivity index (χ4v) is 0.209. The van der Waals surface area contributed by atoms with E-state index in [-0.39, 0.29) is 0 Å². The molecule has 5 heteroatoms. The molecule has 0 amide bonds. The Balaban J connectivity index is 0. The van der Waals surface area contributed by atoms with Crippen molar-refractivity contribution >= 4 is 0 Å². The van der Waals surface area contributed by atoms with E-state index >= 15 is 0 Å². The van der Waals surface area contributed by atoms with Crippen LogP contribution in [0, 0.1) is 0 Å². The van der Waals surface area contributed by atoms with Crippen molar-refractivity contribution in [3.8, 4) is 0 Å². The van der Waals surface area contributed by atoms with Gasteiger partial charge in [-0.2, -0.15) is 0 Å². The van der Waals surface area contributed by atoms with Crippen LogP contribution < -0.4 is 0 Å². The SMILES string of the molecule is CCCCOO.[O]=[V]=[O]. The van der Waals surface area contributed by atoms with Gasteiger partial charge in [0.25, 0.3) is 0 Å². The van der Waals surface area contributed by atoms with E-state index in [4.69, 9.17) is 12.6 Å². The minimum atomic E-state index is -1.81. The first-order valence-electron chi connectivity index (χ1n) is 2.54. The Morgan fingerprint density at radius 3 is 2.11 bits per heavy atom. The Morgan fingerprint density at radius 1 is 1.56 bits per heavy atom. The van der Waals surface area contributed by atoms with Crippen LogP contribution in [0.3, 0.4) is 0 Å². The normalized spacial score (nSPS) is 6.89. The van der Waals surface area contributed by atoms with Gasteiger partial charge in [-0.25, -0.2) is 4.89 Å². The van der Waals surface area contributed by atoms with Gasteiger partial charge in [-0.1, -0.05) is 13.3 Å². The second-order valence-corrected chi connectivity index (χ2v) is 1.49. The van der Waals surface area contributed by atoms with Gasteiger partial charge in [0.2, 0.25) is 0 Å². The van der Waals surface area contributed by atoms with Crippen molar-refractivity contribution in [2.45, 2.75) is 19.8 Å². The second kappa shape index (κ2) is 15.7. The molecule has 0 radical (unpaired) electrons. The maximum atomic E-state index is 8.47. The van der Waals surface area contributed by atoms with Crippen molar-refractivity contribution < 1.29 is 33.7 Å². The summed E-state index contributed by atoms with van der Waals surface area (Å²) in [7, 11) is 0. The van der Waals surface area contributed by atoms with Crippen molar-refractivity contribution in [1.29, 1.82) is 0 Å². The summed E-state index contributed by atoms with van der Waals surface area (Å²) in [6, 6.07) is 0. The molecule has 0 atom stereocenters. The standard InChI is InChI=1S/C4H10O2.2O.V/c1-2-3-4-6-5;;;/h5H,2-4H2,1H3;;;. The van der Waals surface area contributed by atoms with Crippen LogP contribution in [-0.2, 0) is 28.4 Å². The molecule has 0 saturated carbocycles. The molecule has 0 unspecified atom stereocenters. The third-order valence-corrected chi connectivity index (χ3v) is 0.589. The summed E-state index contributed by atoms with van der Waals surface area (Å²) < 4.78 is 16.9. The van der Waals surface area contributed by atoms with Gasteiger partial charge >= 0.3 is 23.5 Å². The Bertz CT molecular complexity index is 65.0. The minimum absolute atomic E-state index is 0.469. The fraction of sp³-hybridized carbons (Fsp3) is 1.00. The van der Waals surface area contributed by atoms with Crippen LogP contribution in [0.4, 0.5) is 0 Å². The van der Waals surface area contributed by atoms with Crippen LogP contribution in [0.15, 0.2) is 0 Å². The first kappa shape index (κ1) is 11.8. The van der Waals surface area contributed by atoms with Crippen molar-refractivity contribution in [2.75, 3.05) is 6.61 Å². The zero-order valence-electron chi connectivity index (χ0n) is 5.24. The van der Waals surface area contributed by atoms with E-state index in [1.807, 2.05) is 6.92 Å². The van der Waals surface area contributed by atoms with Gasteiger partial charge in [0.1, 0.15) is 0 Å². The topological polar surface area (TPSA) is 63.6 Å². The number of unbranched alkanes of at least 4 members (excludes halogenated alkanes) is 1. The molecule has 1 N–H and O–H groups in total. The van der Waals surface area contributed by atoms with Gasteiger partial charge in [0.15, 0.2) is 0 Å². The molecular weight excluding hydrogens is 163 g/mol. The molecule has 0 saturated heterocycles. The van der Waals surface area contributed by atoms with Gasteiger partial charge in [-0.15, -0.1) is 0 Å². The zero-order chi connectivity index (χ0) is 7.54. The summed E-state index contributed by atoms with van der Waals surface area (Å²) in [6.45, 7) is 2.51. The first-order chi connectivity index (χ1) is 4.33. The van der Waals surface area contributed by atoms with E-state index in [9.17, 15) is 0 Å². The Hall–Kier alpha value is 0.104. The van der Waals surface area contributed by atoms with E-state index in [0.29, 0.717) is 6.61 Å². The third-order valence-electron chi connectivity index (χ3n) is 0.589.